The van der Waals surface area contributed by atoms with E-state index in [2.05, 4.69) is 5.32 Å². The minimum Gasteiger partial charge on any atom is -0.480 e. The Balaban J connectivity index is 4.14. The summed E-state index contributed by atoms with van der Waals surface area (Å²) in [5.74, 6) is -0.840. The third kappa shape index (κ3) is 8.51. The van der Waals surface area contributed by atoms with E-state index in [9.17, 15) is 9.90 Å². The lowest BCUT2D eigenvalue weighted by Crippen LogP contribution is -2.51. The van der Waals surface area contributed by atoms with Gasteiger partial charge in [0.25, 0.3) is 0 Å². The first-order chi connectivity index (χ1) is 9.10. The monoisotopic (exact) mass is 289 g/mol. The van der Waals surface area contributed by atoms with Gasteiger partial charge in [-0.3, -0.25) is 4.79 Å². The second-order valence-electron chi connectivity index (χ2n) is 6.41. The average Bonchev–Trinajstić information content (AvgIpc) is 2.31. The zero-order valence-corrected chi connectivity index (χ0v) is 13.8. The van der Waals surface area contributed by atoms with Crippen molar-refractivity contribution in [2.45, 2.75) is 71.6 Å². The van der Waals surface area contributed by atoms with Crippen molar-refractivity contribution in [2.24, 2.45) is 0 Å². The van der Waals surface area contributed by atoms with Crippen LogP contribution in [0.25, 0.3) is 0 Å². The van der Waals surface area contributed by atoms with E-state index >= 15 is 0 Å². The van der Waals surface area contributed by atoms with Crippen molar-refractivity contribution in [1.82, 2.24) is 5.32 Å². The Labute approximate surface area is 123 Å². The molecule has 0 radical (unpaired) electrons. The molecule has 0 aromatic heterocycles. The zero-order chi connectivity index (χ0) is 15.8. The number of rotatable bonds is 10. The largest absolute Gasteiger partial charge is 0.480 e. The lowest BCUT2D eigenvalue weighted by Gasteiger charge is -2.29. The second kappa shape index (κ2) is 8.60. The molecule has 0 aliphatic rings. The van der Waals surface area contributed by atoms with Gasteiger partial charge in [0.1, 0.15) is 5.54 Å². The molecule has 0 fully saturated rings. The molecule has 2 atom stereocenters. The molecule has 0 saturated heterocycles. The summed E-state index contributed by atoms with van der Waals surface area (Å²) in [5, 5.41) is 12.4. The number of carboxylic acids is 1. The van der Waals surface area contributed by atoms with Gasteiger partial charge in [-0.2, -0.15) is 0 Å². The van der Waals surface area contributed by atoms with E-state index in [0.717, 1.165) is 6.42 Å². The van der Waals surface area contributed by atoms with E-state index < -0.39 is 11.5 Å². The fourth-order valence-electron chi connectivity index (χ4n) is 1.87. The molecule has 0 aromatic rings. The highest BCUT2D eigenvalue weighted by Gasteiger charge is 2.34. The Morgan fingerprint density at radius 1 is 1.25 bits per heavy atom. The molecule has 5 nitrogen and oxygen atoms in total. The van der Waals surface area contributed by atoms with Crippen LogP contribution in [-0.2, 0) is 14.3 Å². The molecule has 0 aromatic carbocycles. The molecule has 0 bridgehead atoms. The lowest BCUT2D eigenvalue weighted by molar-refractivity contribution is -0.146. The number of carbonyl (C=O) groups is 1. The number of carboxylic acid groups (broad SMARTS) is 1. The van der Waals surface area contributed by atoms with Gasteiger partial charge >= 0.3 is 5.97 Å². The molecular weight excluding hydrogens is 258 g/mol. The summed E-state index contributed by atoms with van der Waals surface area (Å²) >= 11 is 0. The van der Waals surface area contributed by atoms with Crippen molar-refractivity contribution in [2.75, 3.05) is 19.8 Å². The van der Waals surface area contributed by atoms with Crippen LogP contribution in [0, 0.1) is 0 Å². The third-order valence-electron chi connectivity index (χ3n) is 2.95. The maximum absolute atomic E-state index is 11.4. The van der Waals surface area contributed by atoms with Gasteiger partial charge in [-0.05, 0) is 47.6 Å². The normalized spacial score (nSPS) is 16.7. The smallest absolute Gasteiger partial charge is 0.323 e. The van der Waals surface area contributed by atoms with E-state index in [1.54, 1.807) is 6.92 Å². The van der Waals surface area contributed by atoms with Crippen molar-refractivity contribution < 1.29 is 19.4 Å². The van der Waals surface area contributed by atoms with Gasteiger partial charge in [-0.25, -0.2) is 0 Å². The number of ether oxygens (including phenoxy) is 2. The van der Waals surface area contributed by atoms with Crippen molar-refractivity contribution in [1.29, 1.82) is 0 Å². The number of aliphatic carboxylic acids is 1. The maximum atomic E-state index is 11.4. The summed E-state index contributed by atoms with van der Waals surface area (Å²) in [6.45, 7) is 13.3. The Morgan fingerprint density at radius 2 is 1.85 bits per heavy atom. The van der Waals surface area contributed by atoms with Crippen molar-refractivity contribution in [3.8, 4) is 0 Å². The van der Waals surface area contributed by atoms with E-state index in [-0.39, 0.29) is 11.7 Å². The van der Waals surface area contributed by atoms with Crippen LogP contribution in [0.5, 0.6) is 0 Å². The predicted octanol–water partition coefficient (Wildman–Crippen LogP) is 2.44. The molecule has 2 N–H and O–H groups in total. The van der Waals surface area contributed by atoms with E-state index in [0.29, 0.717) is 26.2 Å². The fraction of sp³-hybridized carbons (Fsp3) is 0.933. The minimum atomic E-state index is -0.944. The highest BCUT2D eigenvalue weighted by atomic mass is 16.5. The Bertz CT molecular complexity index is 288. The Morgan fingerprint density at radius 3 is 2.30 bits per heavy atom. The first-order valence-corrected chi connectivity index (χ1v) is 7.34. The standard InChI is InChI=1S/C15H31NO4/c1-7-8-16-15(6,13(17)18)11-12(2)19-9-10-20-14(3,4)5/h12,16H,7-11H2,1-6H3,(H,17,18). The summed E-state index contributed by atoms with van der Waals surface area (Å²) in [7, 11) is 0. The van der Waals surface area contributed by atoms with Crippen LogP contribution in [0.2, 0.25) is 0 Å². The van der Waals surface area contributed by atoms with Crippen molar-refractivity contribution in [3.05, 3.63) is 0 Å². The topological polar surface area (TPSA) is 67.8 Å². The van der Waals surface area contributed by atoms with Gasteiger partial charge < -0.3 is 19.9 Å². The van der Waals surface area contributed by atoms with Crippen LogP contribution in [-0.4, -0.2) is 48.1 Å². The molecular formula is C15H31NO4. The minimum absolute atomic E-state index is 0.135. The second-order valence-corrected chi connectivity index (χ2v) is 6.41. The number of nitrogens with one attached hydrogen (secondary N) is 1. The first-order valence-electron chi connectivity index (χ1n) is 7.34. The van der Waals surface area contributed by atoms with E-state index in [1.807, 2.05) is 34.6 Å². The molecule has 0 aliphatic carbocycles. The van der Waals surface area contributed by atoms with Gasteiger partial charge in [0.05, 0.1) is 24.9 Å². The molecule has 5 heteroatoms. The molecule has 0 aliphatic heterocycles. The highest BCUT2D eigenvalue weighted by molar-refractivity contribution is 5.78. The third-order valence-corrected chi connectivity index (χ3v) is 2.95. The van der Waals surface area contributed by atoms with Crippen LogP contribution in [0.3, 0.4) is 0 Å². The Hall–Kier alpha value is -0.650. The summed E-state index contributed by atoms with van der Waals surface area (Å²) in [6.07, 6.45) is 1.19. The molecule has 2 unspecified atom stereocenters. The quantitative estimate of drug-likeness (QED) is 0.605. The predicted molar refractivity (Wildman–Crippen MR) is 80.1 cm³/mol. The van der Waals surface area contributed by atoms with Gasteiger partial charge in [0, 0.05) is 6.42 Å². The van der Waals surface area contributed by atoms with E-state index in [4.69, 9.17) is 9.47 Å². The molecule has 0 heterocycles. The van der Waals surface area contributed by atoms with Crippen LogP contribution in [0.1, 0.15) is 54.4 Å². The van der Waals surface area contributed by atoms with Crippen molar-refractivity contribution >= 4 is 5.97 Å². The summed E-state index contributed by atoms with van der Waals surface area (Å²) in [4.78, 5) is 11.4. The highest BCUT2D eigenvalue weighted by Crippen LogP contribution is 2.15. The number of hydrogen-bond donors (Lipinski definition) is 2. The molecule has 0 spiro atoms. The van der Waals surface area contributed by atoms with Crippen LogP contribution >= 0.6 is 0 Å². The fourth-order valence-corrected chi connectivity index (χ4v) is 1.87. The molecule has 0 saturated carbocycles. The summed E-state index contributed by atoms with van der Waals surface area (Å²) in [6, 6.07) is 0. The Kier molecular flexibility index (Phi) is 8.32. The first kappa shape index (κ1) is 19.4. The van der Waals surface area contributed by atoms with Gasteiger partial charge in [0.15, 0.2) is 0 Å². The zero-order valence-electron chi connectivity index (χ0n) is 13.8. The van der Waals surface area contributed by atoms with Crippen molar-refractivity contribution in [3.63, 3.8) is 0 Å². The molecule has 20 heavy (non-hydrogen) atoms. The summed E-state index contributed by atoms with van der Waals surface area (Å²) in [5.41, 5.74) is -1.12. The number of hydrogen-bond acceptors (Lipinski definition) is 4. The lowest BCUT2D eigenvalue weighted by atomic mass is 9.94. The molecule has 120 valence electrons. The molecule has 0 amide bonds. The molecule has 0 rings (SSSR count). The van der Waals surface area contributed by atoms with Crippen LogP contribution in [0.15, 0.2) is 0 Å². The average molecular weight is 289 g/mol. The van der Waals surface area contributed by atoms with Gasteiger partial charge in [0.2, 0.25) is 0 Å². The maximum Gasteiger partial charge on any atom is 0.323 e. The van der Waals surface area contributed by atoms with Gasteiger partial charge in [-0.1, -0.05) is 6.92 Å². The van der Waals surface area contributed by atoms with Gasteiger partial charge in [-0.15, -0.1) is 0 Å². The summed E-state index contributed by atoms with van der Waals surface area (Å²) < 4.78 is 11.2. The van der Waals surface area contributed by atoms with E-state index in [1.165, 1.54) is 0 Å². The van der Waals surface area contributed by atoms with Crippen LogP contribution in [0.4, 0.5) is 0 Å². The van der Waals surface area contributed by atoms with Crippen LogP contribution < -0.4 is 5.32 Å². The SMILES string of the molecule is CCCNC(C)(CC(C)OCCOC(C)(C)C)C(=O)O.